The standard InChI is InChI=1S/C42H87N/c1-5-7-9-11-13-15-17-18-19-20-21-22-23-24-25-26-27-28-29-31-33-35-37-39-41-43-42(3,4)40-38-36-34-32-30-16-14-12-10-8-6-2/h43H,5-41H2,1-4H3/p+1. The van der Waals surface area contributed by atoms with Crippen molar-refractivity contribution >= 4 is 0 Å². The molecule has 0 aromatic heterocycles. The van der Waals surface area contributed by atoms with Crippen molar-refractivity contribution in [1.29, 1.82) is 0 Å². The van der Waals surface area contributed by atoms with Crippen molar-refractivity contribution in [3.63, 3.8) is 0 Å². The van der Waals surface area contributed by atoms with Crippen LogP contribution in [-0.4, -0.2) is 12.1 Å². The minimum absolute atomic E-state index is 0.450. The predicted octanol–water partition coefficient (Wildman–Crippen LogP) is 14.4. The highest BCUT2D eigenvalue weighted by Gasteiger charge is 2.19. The number of rotatable bonds is 38. The fraction of sp³-hybridized carbons (Fsp3) is 1.00. The first-order valence-electron chi connectivity index (χ1n) is 21.0. The Hall–Kier alpha value is -0.0400. The molecule has 0 fully saturated rings. The van der Waals surface area contributed by atoms with E-state index >= 15 is 0 Å². The van der Waals surface area contributed by atoms with E-state index in [0.717, 1.165) is 0 Å². The second kappa shape index (κ2) is 36.4. The average molecular weight is 607 g/mol. The topological polar surface area (TPSA) is 16.6 Å². The monoisotopic (exact) mass is 607 g/mol. The van der Waals surface area contributed by atoms with E-state index in [4.69, 9.17) is 0 Å². The van der Waals surface area contributed by atoms with Gasteiger partial charge in [-0.05, 0) is 33.1 Å². The third kappa shape index (κ3) is 38.1. The first-order valence-corrected chi connectivity index (χ1v) is 21.0. The number of nitrogens with two attached hydrogens (primary N) is 1. The van der Waals surface area contributed by atoms with E-state index in [2.05, 4.69) is 33.0 Å². The smallest absolute Gasteiger partial charge is 0.0904 e. The third-order valence-corrected chi connectivity index (χ3v) is 10.2. The van der Waals surface area contributed by atoms with Crippen LogP contribution in [0, 0.1) is 0 Å². The molecule has 0 bridgehead atoms. The molecule has 0 amide bonds. The Morgan fingerprint density at radius 3 is 0.744 bits per heavy atom. The van der Waals surface area contributed by atoms with E-state index in [1.807, 2.05) is 0 Å². The molecule has 43 heavy (non-hydrogen) atoms. The molecule has 0 spiro atoms. The number of quaternary nitrogens is 1. The van der Waals surface area contributed by atoms with Crippen LogP contribution in [0.4, 0.5) is 0 Å². The molecule has 0 aliphatic rings. The summed E-state index contributed by atoms with van der Waals surface area (Å²) in [5, 5.41) is 2.65. The zero-order valence-electron chi connectivity index (χ0n) is 31.2. The molecule has 0 saturated heterocycles. The van der Waals surface area contributed by atoms with Crippen molar-refractivity contribution in [1.82, 2.24) is 0 Å². The molecule has 0 rings (SSSR count). The molecule has 0 atom stereocenters. The van der Waals surface area contributed by atoms with Gasteiger partial charge in [-0.15, -0.1) is 0 Å². The maximum atomic E-state index is 2.65. The molecule has 1 heteroatoms. The number of hydrogen-bond acceptors (Lipinski definition) is 0. The fourth-order valence-corrected chi connectivity index (χ4v) is 6.95. The van der Waals surface area contributed by atoms with Crippen LogP contribution in [0.25, 0.3) is 0 Å². The van der Waals surface area contributed by atoms with Crippen molar-refractivity contribution in [2.75, 3.05) is 6.54 Å². The van der Waals surface area contributed by atoms with Crippen LogP contribution in [0.3, 0.4) is 0 Å². The molecule has 1 nitrogen and oxygen atoms in total. The minimum Gasteiger partial charge on any atom is -0.342 e. The molecule has 0 radical (unpaired) electrons. The SMILES string of the molecule is CCCCCCCCCCCCCCCCCCCCCCCCCC[NH2+]C(C)(C)CCCCCCCCCCCCC. The van der Waals surface area contributed by atoms with Crippen molar-refractivity contribution in [2.24, 2.45) is 0 Å². The summed E-state index contributed by atoms with van der Waals surface area (Å²) in [6, 6.07) is 0. The van der Waals surface area contributed by atoms with E-state index in [-0.39, 0.29) is 0 Å². The van der Waals surface area contributed by atoms with E-state index < -0.39 is 0 Å². The van der Waals surface area contributed by atoms with Gasteiger partial charge in [0.25, 0.3) is 0 Å². The Labute approximate surface area is 275 Å². The molecular formula is C42H88N+. The van der Waals surface area contributed by atoms with E-state index in [9.17, 15) is 0 Å². The summed E-state index contributed by atoms with van der Waals surface area (Å²) in [7, 11) is 0. The molecule has 0 aromatic rings. The number of hydrogen-bond donors (Lipinski definition) is 1. The summed E-state index contributed by atoms with van der Waals surface area (Å²) in [6.07, 6.45) is 52.7. The molecule has 0 unspecified atom stereocenters. The van der Waals surface area contributed by atoms with Gasteiger partial charge in [-0.3, -0.25) is 0 Å². The maximum absolute atomic E-state index is 2.65. The van der Waals surface area contributed by atoms with Crippen LogP contribution in [-0.2, 0) is 0 Å². The highest BCUT2D eigenvalue weighted by Crippen LogP contribution is 2.17. The fourth-order valence-electron chi connectivity index (χ4n) is 6.95. The van der Waals surface area contributed by atoms with Gasteiger partial charge in [0.2, 0.25) is 0 Å². The van der Waals surface area contributed by atoms with Gasteiger partial charge in [0.1, 0.15) is 0 Å². The van der Waals surface area contributed by atoms with Crippen LogP contribution >= 0.6 is 0 Å². The largest absolute Gasteiger partial charge is 0.342 e. The van der Waals surface area contributed by atoms with Crippen LogP contribution in [0.1, 0.15) is 259 Å². The van der Waals surface area contributed by atoms with Crippen LogP contribution in [0.15, 0.2) is 0 Å². The Kier molecular flexibility index (Phi) is 36.4. The molecule has 0 aromatic carbocycles. The lowest BCUT2D eigenvalue weighted by atomic mass is 9.95. The highest BCUT2D eigenvalue weighted by molar-refractivity contribution is 4.64. The normalized spacial score (nSPS) is 12.0. The first-order chi connectivity index (χ1) is 21.1. The molecule has 0 heterocycles. The average Bonchev–Trinajstić information content (AvgIpc) is 3.00. The lowest BCUT2D eigenvalue weighted by Crippen LogP contribution is -2.95. The van der Waals surface area contributed by atoms with Crippen LogP contribution in [0.2, 0.25) is 0 Å². The Morgan fingerprint density at radius 1 is 0.279 bits per heavy atom. The van der Waals surface area contributed by atoms with E-state index in [0.29, 0.717) is 5.54 Å². The summed E-state index contributed by atoms with van der Waals surface area (Å²) >= 11 is 0. The third-order valence-electron chi connectivity index (χ3n) is 10.2. The zero-order valence-corrected chi connectivity index (χ0v) is 31.2. The Bertz CT molecular complexity index is 483. The van der Waals surface area contributed by atoms with E-state index in [1.54, 1.807) is 0 Å². The zero-order chi connectivity index (χ0) is 31.4. The van der Waals surface area contributed by atoms with Crippen molar-refractivity contribution in [3.8, 4) is 0 Å². The molecule has 2 N–H and O–H groups in total. The highest BCUT2D eigenvalue weighted by atomic mass is 14.9. The molecular weight excluding hydrogens is 518 g/mol. The second-order valence-corrected chi connectivity index (χ2v) is 15.4. The quantitative estimate of drug-likeness (QED) is 0.0673. The van der Waals surface area contributed by atoms with Gasteiger partial charge in [-0.1, -0.05) is 219 Å². The lowest BCUT2D eigenvalue weighted by Gasteiger charge is -2.23. The van der Waals surface area contributed by atoms with Gasteiger partial charge >= 0.3 is 0 Å². The van der Waals surface area contributed by atoms with Gasteiger partial charge < -0.3 is 5.32 Å². The van der Waals surface area contributed by atoms with Gasteiger partial charge in [0.15, 0.2) is 0 Å². The summed E-state index contributed by atoms with van der Waals surface area (Å²) in [6.45, 7) is 10.9. The maximum Gasteiger partial charge on any atom is 0.0904 e. The summed E-state index contributed by atoms with van der Waals surface area (Å²) in [5.74, 6) is 0. The Balaban J connectivity index is 3.21. The minimum atomic E-state index is 0.450. The van der Waals surface area contributed by atoms with Gasteiger partial charge in [0, 0.05) is 6.42 Å². The van der Waals surface area contributed by atoms with Crippen molar-refractivity contribution in [3.05, 3.63) is 0 Å². The molecule has 0 aliphatic heterocycles. The lowest BCUT2D eigenvalue weighted by molar-refractivity contribution is -0.721. The molecule has 0 aliphatic carbocycles. The number of unbranched alkanes of at least 4 members (excludes halogenated alkanes) is 33. The second-order valence-electron chi connectivity index (χ2n) is 15.4. The summed E-state index contributed by atoms with van der Waals surface area (Å²) in [4.78, 5) is 0. The Morgan fingerprint density at radius 2 is 0.488 bits per heavy atom. The predicted molar refractivity (Wildman–Crippen MR) is 198 cm³/mol. The molecule has 260 valence electrons. The van der Waals surface area contributed by atoms with Crippen LogP contribution < -0.4 is 5.32 Å². The van der Waals surface area contributed by atoms with E-state index in [1.165, 1.54) is 238 Å². The summed E-state index contributed by atoms with van der Waals surface area (Å²) in [5.41, 5.74) is 0.450. The van der Waals surface area contributed by atoms with Crippen molar-refractivity contribution in [2.45, 2.75) is 264 Å². The van der Waals surface area contributed by atoms with Crippen molar-refractivity contribution < 1.29 is 5.32 Å². The van der Waals surface area contributed by atoms with Gasteiger partial charge in [-0.25, -0.2) is 0 Å². The summed E-state index contributed by atoms with van der Waals surface area (Å²) < 4.78 is 0. The molecule has 0 saturated carbocycles. The van der Waals surface area contributed by atoms with Crippen LogP contribution in [0.5, 0.6) is 0 Å². The van der Waals surface area contributed by atoms with Gasteiger partial charge in [0.05, 0.1) is 12.1 Å². The first kappa shape index (κ1) is 43.0. The van der Waals surface area contributed by atoms with Gasteiger partial charge in [-0.2, -0.15) is 0 Å².